The maximum Gasteiger partial charge on any atom is 0.239 e. The van der Waals surface area contributed by atoms with E-state index in [2.05, 4.69) is 10.6 Å². The van der Waals surface area contributed by atoms with Crippen molar-refractivity contribution in [2.45, 2.75) is 11.4 Å². The van der Waals surface area contributed by atoms with Gasteiger partial charge in [-0.3, -0.25) is 4.79 Å². The number of benzene rings is 1. The Balaban J connectivity index is 1.94. The van der Waals surface area contributed by atoms with Crippen LogP contribution in [0, 0.1) is 5.82 Å². The fourth-order valence-corrected chi connectivity index (χ4v) is 2.35. The van der Waals surface area contributed by atoms with Gasteiger partial charge in [0, 0.05) is 6.26 Å². The second kappa shape index (κ2) is 6.61. The van der Waals surface area contributed by atoms with Crippen molar-refractivity contribution >= 4 is 21.4 Å². The van der Waals surface area contributed by atoms with E-state index in [-0.39, 0.29) is 29.6 Å². The lowest BCUT2D eigenvalue weighted by molar-refractivity contribution is -0.119. The minimum atomic E-state index is -3.44. The van der Waals surface area contributed by atoms with Gasteiger partial charge in [0.25, 0.3) is 0 Å². The van der Waals surface area contributed by atoms with Gasteiger partial charge < -0.3 is 15.1 Å². The molecule has 1 aromatic heterocycles. The van der Waals surface area contributed by atoms with Crippen LogP contribution in [0.25, 0.3) is 0 Å². The monoisotopic (exact) mass is 326 g/mol. The molecule has 2 rings (SSSR count). The summed E-state index contributed by atoms with van der Waals surface area (Å²) in [5.41, 5.74) is -0.0453. The van der Waals surface area contributed by atoms with Gasteiger partial charge in [-0.1, -0.05) is 0 Å². The number of hydrogen-bond acceptors (Lipinski definition) is 5. The highest BCUT2D eigenvalue weighted by molar-refractivity contribution is 7.90. The zero-order valence-corrected chi connectivity index (χ0v) is 12.6. The average Bonchev–Trinajstić information content (AvgIpc) is 2.96. The van der Waals surface area contributed by atoms with Crippen LogP contribution in [-0.4, -0.2) is 27.1 Å². The zero-order valence-electron chi connectivity index (χ0n) is 11.8. The molecule has 2 aromatic rings. The van der Waals surface area contributed by atoms with Gasteiger partial charge >= 0.3 is 0 Å². The Bertz CT molecular complexity index is 757. The molecular formula is C14H15FN2O4S. The molecule has 6 nitrogen and oxygen atoms in total. The van der Waals surface area contributed by atoms with E-state index in [0.717, 1.165) is 18.4 Å². The summed E-state index contributed by atoms with van der Waals surface area (Å²) in [5.74, 6) is -0.412. The molecule has 1 aromatic carbocycles. The first kappa shape index (κ1) is 16.0. The lowest BCUT2D eigenvalue weighted by atomic mass is 10.3. The molecule has 0 bridgehead atoms. The van der Waals surface area contributed by atoms with E-state index in [0.29, 0.717) is 5.76 Å². The molecule has 0 spiro atoms. The normalized spacial score (nSPS) is 11.2. The van der Waals surface area contributed by atoms with Crippen molar-refractivity contribution in [2.75, 3.05) is 18.1 Å². The van der Waals surface area contributed by atoms with E-state index in [9.17, 15) is 17.6 Å². The number of anilines is 1. The van der Waals surface area contributed by atoms with Crippen LogP contribution in [0.1, 0.15) is 5.76 Å². The topological polar surface area (TPSA) is 88.4 Å². The Hall–Kier alpha value is -2.35. The molecule has 0 radical (unpaired) electrons. The highest BCUT2D eigenvalue weighted by atomic mass is 32.2. The average molecular weight is 326 g/mol. The summed E-state index contributed by atoms with van der Waals surface area (Å²) in [7, 11) is -3.44. The SMILES string of the molecule is CS(=O)(=O)c1ccc(F)c(NCC(=O)NCc2ccco2)c1. The van der Waals surface area contributed by atoms with Crippen LogP contribution in [0.5, 0.6) is 0 Å². The van der Waals surface area contributed by atoms with Crippen molar-refractivity contribution < 1.29 is 22.0 Å². The number of carbonyl (C=O) groups is 1. The van der Waals surface area contributed by atoms with Gasteiger partial charge in [-0.05, 0) is 30.3 Å². The minimum Gasteiger partial charge on any atom is -0.467 e. The number of carbonyl (C=O) groups excluding carboxylic acids is 1. The Kier molecular flexibility index (Phi) is 4.81. The van der Waals surface area contributed by atoms with E-state index in [1.807, 2.05) is 0 Å². The molecule has 8 heteroatoms. The zero-order chi connectivity index (χ0) is 16.2. The van der Waals surface area contributed by atoms with E-state index in [1.165, 1.54) is 12.3 Å². The first-order chi connectivity index (χ1) is 10.4. The molecule has 0 aliphatic rings. The molecule has 0 atom stereocenters. The molecule has 0 saturated carbocycles. The fraction of sp³-hybridized carbons (Fsp3) is 0.214. The predicted octanol–water partition coefficient (Wildman–Crippen LogP) is 1.55. The second-order valence-electron chi connectivity index (χ2n) is 4.62. The summed E-state index contributed by atoms with van der Waals surface area (Å²) >= 11 is 0. The summed E-state index contributed by atoms with van der Waals surface area (Å²) in [5, 5.41) is 5.16. The third-order valence-electron chi connectivity index (χ3n) is 2.85. The quantitative estimate of drug-likeness (QED) is 0.786. The number of furan rings is 1. The molecule has 0 fully saturated rings. The third kappa shape index (κ3) is 4.32. The van der Waals surface area contributed by atoms with Crippen molar-refractivity contribution in [1.82, 2.24) is 5.32 Å². The summed E-state index contributed by atoms with van der Waals surface area (Å²) in [6.45, 7) is 0.0320. The first-order valence-electron chi connectivity index (χ1n) is 6.39. The van der Waals surface area contributed by atoms with Crippen LogP contribution in [-0.2, 0) is 21.2 Å². The summed E-state index contributed by atoms with van der Waals surface area (Å²) in [6, 6.07) is 6.78. The molecule has 118 valence electrons. The van der Waals surface area contributed by atoms with Gasteiger partial charge in [-0.25, -0.2) is 12.8 Å². The smallest absolute Gasteiger partial charge is 0.239 e. The fourth-order valence-electron chi connectivity index (χ4n) is 1.71. The van der Waals surface area contributed by atoms with E-state index in [4.69, 9.17) is 4.42 Å². The van der Waals surface area contributed by atoms with Crippen LogP contribution in [0.4, 0.5) is 10.1 Å². The maximum atomic E-state index is 13.6. The Morgan fingerprint density at radius 3 is 2.73 bits per heavy atom. The van der Waals surface area contributed by atoms with Crippen LogP contribution in [0.15, 0.2) is 45.9 Å². The van der Waals surface area contributed by atoms with Crippen LogP contribution >= 0.6 is 0 Å². The van der Waals surface area contributed by atoms with Gasteiger partial charge in [0.1, 0.15) is 11.6 Å². The number of halogens is 1. The Morgan fingerprint density at radius 1 is 1.32 bits per heavy atom. The molecule has 22 heavy (non-hydrogen) atoms. The molecular weight excluding hydrogens is 311 g/mol. The standard InChI is InChI=1S/C14H15FN2O4S/c1-22(19,20)11-4-5-12(15)13(7-11)16-9-14(18)17-8-10-3-2-6-21-10/h2-7,16H,8-9H2,1H3,(H,17,18). The number of amides is 1. The maximum absolute atomic E-state index is 13.6. The molecule has 0 aliphatic carbocycles. The molecule has 0 aliphatic heterocycles. The number of sulfone groups is 1. The largest absolute Gasteiger partial charge is 0.467 e. The van der Waals surface area contributed by atoms with Crippen molar-refractivity contribution in [1.29, 1.82) is 0 Å². The predicted molar refractivity (Wildman–Crippen MR) is 78.6 cm³/mol. The van der Waals surface area contributed by atoms with E-state index in [1.54, 1.807) is 12.1 Å². The van der Waals surface area contributed by atoms with Gasteiger partial charge in [0.05, 0.1) is 29.9 Å². The van der Waals surface area contributed by atoms with Gasteiger partial charge in [0.15, 0.2) is 9.84 Å². The molecule has 2 N–H and O–H groups in total. The highest BCUT2D eigenvalue weighted by Gasteiger charge is 2.12. The van der Waals surface area contributed by atoms with Crippen molar-refractivity contribution in [2.24, 2.45) is 0 Å². The minimum absolute atomic E-state index is 0.0209. The number of hydrogen-bond donors (Lipinski definition) is 2. The third-order valence-corrected chi connectivity index (χ3v) is 3.96. The van der Waals surface area contributed by atoms with Crippen LogP contribution < -0.4 is 10.6 Å². The van der Waals surface area contributed by atoms with Crippen LogP contribution in [0.2, 0.25) is 0 Å². The van der Waals surface area contributed by atoms with Gasteiger partial charge in [-0.2, -0.15) is 0 Å². The Morgan fingerprint density at radius 2 is 2.09 bits per heavy atom. The van der Waals surface area contributed by atoms with Gasteiger partial charge in [0.2, 0.25) is 5.91 Å². The summed E-state index contributed by atoms with van der Waals surface area (Å²) in [4.78, 5) is 11.6. The second-order valence-corrected chi connectivity index (χ2v) is 6.64. The molecule has 1 amide bonds. The molecule has 0 unspecified atom stereocenters. The van der Waals surface area contributed by atoms with Crippen molar-refractivity contribution in [3.63, 3.8) is 0 Å². The lowest BCUT2D eigenvalue weighted by Crippen LogP contribution is -2.29. The Labute approximate surface area is 127 Å². The van der Waals surface area contributed by atoms with Crippen molar-refractivity contribution in [3.05, 3.63) is 48.2 Å². The lowest BCUT2D eigenvalue weighted by Gasteiger charge is -2.09. The molecule has 0 saturated heterocycles. The highest BCUT2D eigenvalue weighted by Crippen LogP contribution is 2.19. The number of nitrogens with one attached hydrogen (secondary N) is 2. The molecule has 1 heterocycles. The number of rotatable bonds is 6. The summed E-state index contributed by atoms with van der Waals surface area (Å²) in [6.07, 6.45) is 2.52. The first-order valence-corrected chi connectivity index (χ1v) is 8.28. The van der Waals surface area contributed by atoms with Crippen molar-refractivity contribution in [3.8, 4) is 0 Å². The van der Waals surface area contributed by atoms with Crippen LogP contribution in [0.3, 0.4) is 0 Å². The van der Waals surface area contributed by atoms with Gasteiger partial charge in [-0.15, -0.1) is 0 Å². The summed E-state index contributed by atoms with van der Waals surface area (Å²) < 4.78 is 41.5. The van der Waals surface area contributed by atoms with E-state index < -0.39 is 15.7 Å². The van der Waals surface area contributed by atoms with E-state index >= 15 is 0 Å².